The van der Waals surface area contributed by atoms with Gasteiger partial charge in [-0.05, 0) is 35.9 Å². The lowest BCUT2D eigenvalue weighted by atomic mass is 10.0. The minimum Gasteiger partial charge on any atom is -0.355 e. The summed E-state index contributed by atoms with van der Waals surface area (Å²) >= 11 is 12.1. The number of benzene rings is 2. The quantitative estimate of drug-likeness (QED) is 0.700. The summed E-state index contributed by atoms with van der Waals surface area (Å²) in [5, 5.41) is 7.47. The number of fused-ring (bicyclic) bond motifs is 1. The van der Waals surface area contributed by atoms with E-state index in [9.17, 15) is 4.39 Å². The van der Waals surface area contributed by atoms with Gasteiger partial charge in [0.25, 0.3) is 0 Å². The van der Waals surface area contributed by atoms with Crippen LogP contribution >= 0.6 is 23.2 Å². The molecule has 2 N–H and O–H groups in total. The Morgan fingerprint density at radius 1 is 1.20 bits per heavy atom. The van der Waals surface area contributed by atoms with E-state index in [0.29, 0.717) is 17.5 Å². The Kier molecular flexibility index (Phi) is 4.54. The van der Waals surface area contributed by atoms with Gasteiger partial charge in [-0.1, -0.05) is 29.3 Å². The summed E-state index contributed by atoms with van der Waals surface area (Å²) in [7, 11) is 0. The molecule has 1 fully saturated rings. The summed E-state index contributed by atoms with van der Waals surface area (Å²) in [6.45, 7) is 3.43. The Bertz CT molecular complexity index is 921. The minimum absolute atomic E-state index is 0.120. The van der Waals surface area contributed by atoms with Crippen LogP contribution in [0, 0.1) is 11.7 Å². The van der Waals surface area contributed by atoms with Gasteiger partial charge in [-0.2, -0.15) is 0 Å². The Labute approximate surface area is 154 Å². The van der Waals surface area contributed by atoms with Gasteiger partial charge in [0.15, 0.2) is 0 Å². The first-order chi connectivity index (χ1) is 12.1. The smallest absolute Gasteiger partial charge is 0.204 e. The Hall–Kier alpha value is -1.82. The fourth-order valence-electron chi connectivity index (χ4n) is 2.94. The lowest BCUT2D eigenvalue weighted by Gasteiger charge is -2.27. The molecule has 0 spiro atoms. The van der Waals surface area contributed by atoms with Gasteiger partial charge in [0, 0.05) is 30.6 Å². The lowest BCUT2D eigenvalue weighted by Crippen LogP contribution is -2.45. The van der Waals surface area contributed by atoms with Crippen LogP contribution in [-0.2, 0) is 6.54 Å². The molecule has 0 unspecified atom stereocenters. The second-order valence-electron chi connectivity index (χ2n) is 6.31. The molecule has 0 atom stereocenters. The molecule has 0 bridgehead atoms. The van der Waals surface area contributed by atoms with Crippen molar-refractivity contribution in [3.05, 3.63) is 57.8 Å². The van der Waals surface area contributed by atoms with Crippen molar-refractivity contribution in [2.75, 3.05) is 25.0 Å². The second kappa shape index (κ2) is 6.83. The van der Waals surface area contributed by atoms with Crippen molar-refractivity contribution in [1.29, 1.82) is 0 Å². The zero-order valence-corrected chi connectivity index (χ0v) is 14.9. The third kappa shape index (κ3) is 3.45. The first-order valence-electron chi connectivity index (χ1n) is 8.14. The molecule has 3 aromatic rings. The van der Waals surface area contributed by atoms with E-state index in [1.807, 2.05) is 18.2 Å². The van der Waals surface area contributed by atoms with E-state index in [1.165, 1.54) is 6.07 Å². The molecule has 0 amide bonds. The molecule has 0 aliphatic carbocycles. The van der Waals surface area contributed by atoms with Crippen LogP contribution in [0.2, 0.25) is 10.0 Å². The van der Waals surface area contributed by atoms with Gasteiger partial charge in [0.05, 0.1) is 22.6 Å². The molecule has 1 aliphatic heterocycles. The van der Waals surface area contributed by atoms with Crippen LogP contribution in [0.4, 0.5) is 10.3 Å². The number of hydrogen-bond acceptors (Lipinski definition) is 3. The molecule has 4 rings (SSSR count). The molecule has 2 heterocycles. The van der Waals surface area contributed by atoms with Gasteiger partial charge in [0.2, 0.25) is 5.95 Å². The van der Waals surface area contributed by atoms with Crippen molar-refractivity contribution < 1.29 is 4.39 Å². The summed E-state index contributed by atoms with van der Waals surface area (Å²) in [5.41, 5.74) is 2.70. The molecular weight excluding hydrogens is 362 g/mol. The molecule has 25 heavy (non-hydrogen) atoms. The number of anilines is 1. The van der Waals surface area contributed by atoms with Gasteiger partial charge in [-0.15, -0.1) is 0 Å². The number of nitrogens with zero attached hydrogens (tertiary/aromatic N) is 2. The number of nitrogens with one attached hydrogen (secondary N) is 2. The number of halogens is 3. The van der Waals surface area contributed by atoms with E-state index < -0.39 is 5.82 Å². The van der Waals surface area contributed by atoms with Gasteiger partial charge in [-0.3, -0.25) is 0 Å². The SMILES string of the molecule is Fc1ccc(Cn2c(NCC3CNC3)nc3ccc(Cl)cc32)cc1Cl. The summed E-state index contributed by atoms with van der Waals surface area (Å²) in [6, 6.07) is 10.4. The normalized spacial score (nSPS) is 14.7. The van der Waals surface area contributed by atoms with Crippen LogP contribution in [0.5, 0.6) is 0 Å². The predicted octanol–water partition coefficient (Wildman–Crippen LogP) is 4.16. The topological polar surface area (TPSA) is 41.9 Å². The van der Waals surface area contributed by atoms with E-state index in [4.69, 9.17) is 23.2 Å². The summed E-state index contributed by atoms with van der Waals surface area (Å²) < 4.78 is 15.5. The molecule has 7 heteroatoms. The van der Waals surface area contributed by atoms with E-state index in [1.54, 1.807) is 12.1 Å². The van der Waals surface area contributed by atoms with E-state index in [-0.39, 0.29) is 5.02 Å². The zero-order valence-electron chi connectivity index (χ0n) is 13.4. The third-order valence-electron chi connectivity index (χ3n) is 4.45. The average Bonchev–Trinajstić information content (AvgIpc) is 2.87. The maximum absolute atomic E-state index is 13.4. The van der Waals surface area contributed by atoms with Crippen molar-refractivity contribution in [3.8, 4) is 0 Å². The maximum Gasteiger partial charge on any atom is 0.204 e. The number of aromatic nitrogens is 2. The van der Waals surface area contributed by atoms with Gasteiger partial charge in [0.1, 0.15) is 5.82 Å². The van der Waals surface area contributed by atoms with Crippen LogP contribution in [0.25, 0.3) is 11.0 Å². The first-order valence-corrected chi connectivity index (χ1v) is 8.90. The lowest BCUT2D eigenvalue weighted by molar-refractivity contribution is 0.364. The highest BCUT2D eigenvalue weighted by Gasteiger charge is 2.18. The third-order valence-corrected chi connectivity index (χ3v) is 4.97. The highest BCUT2D eigenvalue weighted by molar-refractivity contribution is 6.31. The van der Waals surface area contributed by atoms with Crippen LogP contribution in [0.1, 0.15) is 5.56 Å². The van der Waals surface area contributed by atoms with Crippen LogP contribution in [0.3, 0.4) is 0 Å². The molecule has 1 aromatic heterocycles. The second-order valence-corrected chi connectivity index (χ2v) is 7.15. The highest BCUT2D eigenvalue weighted by Crippen LogP contribution is 2.26. The van der Waals surface area contributed by atoms with Crippen LogP contribution < -0.4 is 10.6 Å². The first kappa shape index (κ1) is 16.6. The fourth-order valence-corrected chi connectivity index (χ4v) is 3.31. The molecule has 2 aromatic carbocycles. The standard InChI is InChI=1S/C18H17Cl2FN4/c19-13-2-4-16-17(6-13)25(10-11-1-3-15(21)14(20)5-11)18(24-16)23-9-12-7-22-8-12/h1-6,12,22H,7-10H2,(H,23,24). The fraction of sp³-hybridized carbons (Fsp3) is 0.278. The summed E-state index contributed by atoms with van der Waals surface area (Å²) in [6.07, 6.45) is 0. The van der Waals surface area contributed by atoms with E-state index >= 15 is 0 Å². The minimum atomic E-state index is -0.417. The van der Waals surface area contributed by atoms with Crippen molar-refractivity contribution in [2.45, 2.75) is 6.54 Å². The van der Waals surface area contributed by atoms with Crippen molar-refractivity contribution in [3.63, 3.8) is 0 Å². The summed E-state index contributed by atoms with van der Waals surface area (Å²) in [4.78, 5) is 4.69. The Morgan fingerprint density at radius 3 is 2.76 bits per heavy atom. The highest BCUT2D eigenvalue weighted by atomic mass is 35.5. The van der Waals surface area contributed by atoms with Gasteiger partial charge in [-0.25, -0.2) is 9.37 Å². The van der Waals surface area contributed by atoms with Crippen LogP contribution in [-0.4, -0.2) is 29.2 Å². The molecule has 0 radical (unpaired) electrons. The average molecular weight is 379 g/mol. The van der Waals surface area contributed by atoms with Crippen molar-refractivity contribution >= 4 is 40.2 Å². The number of hydrogen-bond donors (Lipinski definition) is 2. The number of rotatable bonds is 5. The number of imidazole rings is 1. The van der Waals surface area contributed by atoms with E-state index in [0.717, 1.165) is 42.2 Å². The van der Waals surface area contributed by atoms with Gasteiger partial charge < -0.3 is 15.2 Å². The van der Waals surface area contributed by atoms with E-state index in [2.05, 4.69) is 20.2 Å². The largest absolute Gasteiger partial charge is 0.355 e. The zero-order chi connectivity index (χ0) is 17.4. The molecule has 130 valence electrons. The molecule has 1 saturated heterocycles. The monoisotopic (exact) mass is 378 g/mol. The molecule has 1 aliphatic rings. The summed E-state index contributed by atoms with van der Waals surface area (Å²) in [5.74, 6) is 0.974. The van der Waals surface area contributed by atoms with Gasteiger partial charge >= 0.3 is 0 Å². The maximum atomic E-state index is 13.4. The molecular formula is C18H17Cl2FN4. The van der Waals surface area contributed by atoms with Crippen molar-refractivity contribution in [1.82, 2.24) is 14.9 Å². The molecule has 0 saturated carbocycles. The van der Waals surface area contributed by atoms with Crippen molar-refractivity contribution in [2.24, 2.45) is 5.92 Å². The van der Waals surface area contributed by atoms with Crippen LogP contribution in [0.15, 0.2) is 36.4 Å². The Morgan fingerprint density at radius 2 is 2.04 bits per heavy atom. The predicted molar refractivity (Wildman–Crippen MR) is 100 cm³/mol. The molecule has 4 nitrogen and oxygen atoms in total. The Balaban J connectivity index is 1.69.